The number of benzene rings is 1. The fourth-order valence-electron chi connectivity index (χ4n) is 2.07. The number of nitrogens with one attached hydrogen (secondary N) is 1. The quantitative estimate of drug-likeness (QED) is 0.678. The molecular weight excluding hydrogens is 249 g/mol. The van der Waals surface area contributed by atoms with Crippen LogP contribution in [0.5, 0.6) is 0 Å². The van der Waals surface area contributed by atoms with E-state index in [1.165, 1.54) is 18.2 Å². The lowest BCUT2D eigenvalue weighted by molar-refractivity contribution is 0.0697. The minimum atomic E-state index is -1.16. The Morgan fingerprint density at radius 3 is 2.74 bits per heavy atom. The van der Waals surface area contributed by atoms with E-state index in [0.717, 1.165) is 12.8 Å². The molecule has 0 saturated carbocycles. The molecule has 1 aromatic rings. The Kier molecular flexibility index (Phi) is 6.29. The minimum Gasteiger partial charge on any atom is -0.478 e. The number of aromatic carboxylic acids is 1. The number of carbonyl (C=O) groups is 1. The van der Waals surface area contributed by atoms with E-state index in [1.807, 2.05) is 6.92 Å². The molecule has 0 aromatic heterocycles. The molecule has 0 aliphatic heterocycles. The Morgan fingerprint density at radius 2 is 2.16 bits per heavy atom. The number of carboxylic acid groups (broad SMARTS) is 1. The number of rotatable bonds is 8. The van der Waals surface area contributed by atoms with Crippen molar-refractivity contribution in [1.29, 1.82) is 0 Å². The molecule has 0 aliphatic carbocycles. The van der Waals surface area contributed by atoms with Crippen LogP contribution in [-0.2, 0) is 0 Å². The SMILES string of the molecule is CCCC(CCO)CNc1c(F)cccc1C(=O)O. The standard InChI is InChI=1S/C14H20FNO3/c1-2-4-10(7-8-17)9-16-13-11(14(18)19)5-3-6-12(13)15/h3,5-6,10,16-17H,2,4,7-9H2,1H3,(H,18,19). The Labute approximate surface area is 112 Å². The third kappa shape index (κ3) is 4.52. The summed E-state index contributed by atoms with van der Waals surface area (Å²) in [6, 6.07) is 3.98. The van der Waals surface area contributed by atoms with E-state index in [1.54, 1.807) is 0 Å². The van der Waals surface area contributed by atoms with Crippen LogP contribution in [0, 0.1) is 11.7 Å². The van der Waals surface area contributed by atoms with Crippen LogP contribution in [0.3, 0.4) is 0 Å². The van der Waals surface area contributed by atoms with Gasteiger partial charge in [0.15, 0.2) is 0 Å². The van der Waals surface area contributed by atoms with Crippen LogP contribution in [0.15, 0.2) is 18.2 Å². The van der Waals surface area contributed by atoms with Gasteiger partial charge in [0, 0.05) is 13.2 Å². The summed E-state index contributed by atoms with van der Waals surface area (Å²) < 4.78 is 13.7. The molecule has 1 atom stereocenters. The van der Waals surface area contributed by atoms with Gasteiger partial charge in [-0.05, 0) is 30.9 Å². The molecule has 5 heteroatoms. The van der Waals surface area contributed by atoms with E-state index in [9.17, 15) is 9.18 Å². The van der Waals surface area contributed by atoms with Gasteiger partial charge in [0.1, 0.15) is 5.82 Å². The summed E-state index contributed by atoms with van der Waals surface area (Å²) in [6.07, 6.45) is 2.50. The highest BCUT2D eigenvalue weighted by Gasteiger charge is 2.15. The number of carboxylic acids is 1. The van der Waals surface area contributed by atoms with Crippen LogP contribution < -0.4 is 5.32 Å². The zero-order valence-electron chi connectivity index (χ0n) is 11.0. The van der Waals surface area contributed by atoms with Gasteiger partial charge < -0.3 is 15.5 Å². The highest BCUT2D eigenvalue weighted by Crippen LogP contribution is 2.21. The zero-order valence-corrected chi connectivity index (χ0v) is 11.0. The minimum absolute atomic E-state index is 0.0223. The van der Waals surface area contributed by atoms with E-state index in [2.05, 4.69) is 5.32 Å². The number of aliphatic hydroxyl groups excluding tert-OH is 1. The van der Waals surface area contributed by atoms with Crippen molar-refractivity contribution < 1.29 is 19.4 Å². The van der Waals surface area contributed by atoms with Crippen LogP contribution >= 0.6 is 0 Å². The van der Waals surface area contributed by atoms with Crippen molar-refractivity contribution in [2.75, 3.05) is 18.5 Å². The van der Waals surface area contributed by atoms with Gasteiger partial charge in [-0.3, -0.25) is 0 Å². The molecule has 0 bridgehead atoms. The van der Waals surface area contributed by atoms with Crippen LogP contribution in [0.4, 0.5) is 10.1 Å². The van der Waals surface area contributed by atoms with Gasteiger partial charge in [-0.15, -0.1) is 0 Å². The normalized spacial score (nSPS) is 12.2. The molecule has 0 amide bonds. The summed E-state index contributed by atoms with van der Waals surface area (Å²) in [5.74, 6) is -1.52. The molecule has 0 spiro atoms. The molecule has 19 heavy (non-hydrogen) atoms. The molecule has 0 fully saturated rings. The summed E-state index contributed by atoms with van der Waals surface area (Å²) >= 11 is 0. The van der Waals surface area contributed by atoms with Crippen LogP contribution in [0.25, 0.3) is 0 Å². The largest absolute Gasteiger partial charge is 0.478 e. The number of anilines is 1. The molecular formula is C14H20FNO3. The van der Waals surface area contributed by atoms with Crippen molar-refractivity contribution in [1.82, 2.24) is 0 Å². The Bertz CT molecular complexity index is 417. The van der Waals surface area contributed by atoms with E-state index in [4.69, 9.17) is 10.2 Å². The van der Waals surface area contributed by atoms with E-state index >= 15 is 0 Å². The van der Waals surface area contributed by atoms with Gasteiger partial charge in [-0.2, -0.15) is 0 Å². The Hall–Kier alpha value is -1.62. The van der Waals surface area contributed by atoms with Crippen molar-refractivity contribution in [2.24, 2.45) is 5.92 Å². The van der Waals surface area contributed by atoms with Crippen LogP contribution in [-0.4, -0.2) is 29.3 Å². The van der Waals surface area contributed by atoms with Gasteiger partial charge in [-0.25, -0.2) is 9.18 Å². The smallest absolute Gasteiger partial charge is 0.337 e. The summed E-state index contributed by atoms with van der Waals surface area (Å²) in [5.41, 5.74) is -0.0479. The zero-order chi connectivity index (χ0) is 14.3. The maximum Gasteiger partial charge on any atom is 0.337 e. The molecule has 0 heterocycles. The topological polar surface area (TPSA) is 69.6 Å². The Balaban J connectivity index is 2.78. The predicted octanol–water partition coefficient (Wildman–Crippen LogP) is 2.73. The summed E-state index contributed by atoms with van der Waals surface area (Å²) in [6.45, 7) is 2.57. The average molecular weight is 269 g/mol. The van der Waals surface area contributed by atoms with Gasteiger partial charge >= 0.3 is 5.97 Å². The predicted molar refractivity (Wildman–Crippen MR) is 71.9 cm³/mol. The molecule has 0 saturated heterocycles. The Morgan fingerprint density at radius 1 is 1.42 bits per heavy atom. The number of para-hydroxylation sites is 1. The average Bonchev–Trinajstić information content (AvgIpc) is 2.37. The van der Waals surface area contributed by atoms with E-state index < -0.39 is 11.8 Å². The summed E-state index contributed by atoms with van der Waals surface area (Å²) in [7, 11) is 0. The number of hydrogen-bond acceptors (Lipinski definition) is 3. The molecule has 106 valence electrons. The maximum atomic E-state index is 13.7. The number of hydrogen-bond donors (Lipinski definition) is 3. The van der Waals surface area contributed by atoms with Gasteiger partial charge in [0.2, 0.25) is 0 Å². The second-order valence-electron chi connectivity index (χ2n) is 4.52. The second kappa shape index (κ2) is 7.74. The molecule has 3 N–H and O–H groups in total. The third-order valence-corrected chi connectivity index (χ3v) is 3.05. The first-order valence-corrected chi connectivity index (χ1v) is 6.46. The van der Waals surface area contributed by atoms with Crippen molar-refractivity contribution >= 4 is 11.7 Å². The molecule has 1 rings (SSSR count). The third-order valence-electron chi connectivity index (χ3n) is 3.05. The second-order valence-corrected chi connectivity index (χ2v) is 4.52. The molecule has 1 aromatic carbocycles. The lowest BCUT2D eigenvalue weighted by Crippen LogP contribution is -2.18. The number of aliphatic hydroxyl groups is 1. The highest BCUT2D eigenvalue weighted by molar-refractivity contribution is 5.94. The molecule has 4 nitrogen and oxygen atoms in total. The molecule has 0 radical (unpaired) electrons. The monoisotopic (exact) mass is 269 g/mol. The van der Waals surface area contributed by atoms with Crippen molar-refractivity contribution in [3.8, 4) is 0 Å². The van der Waals surface area contributed by atoms with Gasteiger partial charge in [-0.1, -0.05) is 19.4 Å². The first-order valence-electron chi connectivity index (χ1n) is 6.46. The number of halogens is 1. The summed E-state index contributed by atoms with van der Waals surface area (Å²) in [4.78, 5) is 11.0. The van der Waals surface area contributed by atoms with E-state index in [-0.39, 0.29) is 23.8 Å². The first kappa shape index (κ1) is 15.4. The van der Waals surface area contributed by atoms with Crippen molar-refractivity contribution in [2.45, 2.75) is 26.2 Å². The lowest BCUT2D eigenvalue weighted by Gasteiger charge is -2.18. The van der Waals surface area contributed by atoms with Gasteiger partial charge in [0.05, 0.1) is 11.3 Å². The van der Waals surface area contributed by atoms with Crippen molar-refractivity contribution in [3.63, 3.8) is 0 Å². The molecule has 1 unspecified atom stereocenters. The van der Waals surface area contributed by atoms with Crippen LogP contribution in [0.1, 0.15) is 36.5 Å². The fourth-order valence-corrected chi connectivity index (χ4v) is 2.07. The fraction of sp³-hybridized carbons (Fsp3) is 0.500. The maximum absolute atomic E-state index is 13.7. The van der Waals surface area contributed by atoms with Crippen LogP contribution in [0.2, 0.25) is 0 Å². The molecule has 0 aliphatic rings. The highest BCUT2D eigenvalue weighted by atomic mass is 19.1. The lowest BCUT2D eigenvalue weighted by atomic mass is 10.00. The van der Waals surface area contributed by atoms with E-state index in [0.29, 0.717) is 13.0 Å². The van der Waals surface area contributed by atoms with Gasteiger partial charge in [0.25, 0.3) is 0 Å². The first-order chi connectivity index (χ1) is 9.10. The van der Waals surface area contributed by atoms with Crippen molar-refractivity contribution in [3.05, 3.63) is 29.6 Å². The summed E-state index contributed by atoms with van der Waals surface area (Å²) in [5, 5.41) is 20.8.